The molecule has 82 valence electrons. The zero-order valence-corrected chi connectivity index (χ0v) is 9.75. The molecule has 0 atom stereocenters. The molecule has 1 heteroatoms. The summed E-state index contributed by atoms with van der Waals surface area (Å²) in [4.78, 5) is 10.9. The minimum Gasteiger partial charge on any atom is -0.298 e. The van der Waals surface area contributed by atoms with Crippen LogP contribution in [-0.2, 0) is 6.42 Å². The van der Waals surface area contributed by atoms with E-state index in [9.17, 15) is 4.79 Å². The first-order chi connectivity index (χ1) is 7.27. The second-order valence-electron chi connectivity index (χ2n) is 4.13. The third kappa shape index (κ3) is 3.86. The predicted molar refractivity (Wildman–Crippen MR) is 64.4 cm³/mol. The molecule has 0 radical (unpaired) electrons. The molecule has 0 unspecified atom stereocenters. The second kappa shape index (κ2) is 6.39. The molecule has 0 amide bonds. The van der Waals surface area contributed by atoms with Crippen molar-refractivity contribution in [2.24, 2.45) is 0 Å². The lowest BCUT2D eigenvalue weighted by molar-refractivity contribution is 0.112. The quantitative estimate of drug-likeness (QED) is 0.507. The lowest BCUT2D eigenvalue weighted by Gasteiger charge is -2.05. The third-order valence-corrected chi connectivity index (χ3v) is 2.73. The monoisotopic (exact) mass is 204 g/mol. The number of hydrogen-bond acceptors (Lipinski definition) is 1. The Morgan fingerprint density at radius 2 is 2.00 bits per heavy atom. The maximum absolute atomic E-state index is 10.9. The van der Waals surface area contributed by atoms with E-state index in [4.69, 9.17) is 0 Å². The Bertz CT molecular complexity index is 315. The summed E-state index contributed by atoms with van der Waals surface area (Å²) in [7, 11) is 0. The summed E-state index contributed by atoms with van der Waals surface area (Å²) in [6.45, 7) is 4.23. The zero-order valence-electron chi connectivity index (χ0n) is 9.75. The number of unbranched alkanes of at least 4 members (excludes halogenated alkanes) is 3. The Balaban J connectivity index is 2.56. The fourth-order valence-corrected chi connectivity index (χ4v) is 1.79. The van der Waals surface area contributed by atoms with Crippen molar-refractivity contribution < 1.29 is 4.79 Å². The van der Waals surface area contributed by atoms with Crippen LogP contribution in [0.1, 0.15) is 54.1 Å². The molecular weight excluding hydrogens is 184 g/mol. The molecule has 1 aromatic carbocycles. The summed E-state index contributed by atoms with van der Waals surface area (Å²) in [5, 5.41) is 0. The first-order valence-electron chi connectivity index (χ1n) is 5.82. The van der Waals surface area contributed by atoms with Crippen LogP contribution in [0.4, 0.5) is 0 Å². The first kappa shape index (κ1) is 12.0. The van der Waals surface area contributed by atoms with E-state index >= 15 is 0 Å². The number of aldehydes is 1. The summed E-state index contributed by atoms with van der Waals surface area (Å²) >= 11 is 0. The van der Waals surface area contributed by atoms with Gasteiger partial charge in [-0.2, -0.15) is 0 Å². The van der Waals surface area contributed by atoms with Gasteiger partial charge in [-0.15, -0.1) is 0 Å². The minimum absolute atomic E-state index is 0.867. The maximum atomic E-state index is 10.9. The molecule has 1 rings (SSSR count). The molecule has 0 N–H and O–H groups in total. The topological polar surface area (TPSA) is 17.1 Å². The van der Waals surface area contributed by atoms with Gasteiger partial charge in [-0.1, -0.05) is 43.9 Å². The molecule has 0 saturated carbocycles. The van der Waals surface area contributed by atoms with Crippen LogP contribution in [0.25, 0.3) is 0 Å². The van der Waals surface area contributed by atoms with Gasteiger partial charge in [0, 0.05) is 5.56 Å². The van der Waals surface area contributed by atoms with Gasteiger partial charge in [-0.05, 0) is 31.4 Å². The van der Waals surface area contributed by atoms with Gasteiger partial charge in [-0.25, -0.2) is 0 Å². The van der Waals surface area contributed by atoms with Crippen LogP contribution in [0.5, 0.6) is 0 Å². The normalized spacial score (nSPS) is 10.3. The molecular formula is C14H20O. The molecule has 1 nitrogen and oxygen atoms in total. The summed E-state index contributed by atoms with van der Waals surface area (Å²) < 4.78 is 0. The summed E-state index contributed by atoms with van der Waals surface area (Å²) in [5.41, 5.74) is 3.23. The number of hydrogen-bond donors (Lipinski definition) is 0. The van der Waals surface area contributed by atoms with Crippen LogP contribution in [0.3, 0.4) is 0 Å². The SMILES string of the molecule is CCCCCCc1ccc(C)cc1C=O. The Kier molecular flexibility index (Phi) is 5.09. The van der Waals surface area contributed by atoms with Crippen LogP contribution < -0.4 is 0 Å². The van der Waals surface area contributed by atoms with Gasteiger partial charge in [-0.3, -0.25) is 4.79 Å². The Hall–Kier alpha value is -1.11. The standard InChI is InChI=1S/C14H20O/c1-3-4-5-6-7-13-9-8-12(2)10-14(13)11-15/h8-11H,3-7H2,1-2H3. The van der Waals surface area contributed by atoms with Gasteiger partial charge >= 0.3 is 0 Å². The number of benzene rings is 1. The summed E-state index contributed by atoms with van der Waals surface area (Å²) in [5.74, 6) is 0. The highest BCUT2D eigenvalue weighted by Crippen LogP contribution is 2.13. The van der Waals surface area contributed by atoms with Crippen LogP contribution in [0.2, 0.25) is 0 Å². The molecule has 15 heavy (non-hydrogen) atoms. The van der Waals surface area contributed by atoms with Crippen molar-refractivity contribution in [2.75, 3.05) is 0 Å². The fourth-order valence-electron chi connectivity index (χ4n) is 1.79. The first-order valence-corrected chi connectivity index (χ1v) is 5.82. The van der Waals surface area contributed by atoms with Crippen molar-refractivity contribution in [2.45, 2.75) is 46.0 Å². The molecule has 0 aliphatic rings. The van der Waals surface area contributed by atoms with Gasteiger partial charge in [0.15, 0.2) is 0 Å². The molecule has 0 aromatic heterocycles. The smallest absolute Gasteiger partial charge is 0.150 e. The Morgan fingerprint density at radius 1 is 1.20 bits per heavy atom. The average molecular weight is 204 g/mol. The molecule has 0 fully saturated rings. The van der Waals surface area contributed by atoms with Crippen molar-refractivity contribution in [1.82, 2.24) is 0 Å². The number of aryl methyl sites for hydroxylation is 2. The van der Waals surface area contributed by atoms with E-state index in [-0.39, 0.29) is 0 Å². The maximum Gasteiger partial charge on any atom is 0.150 e. The highest BCUT2D eigenvalue weighted by Gasteiger charge is 2.01. The molecule has 0 spiro atoms. The Labute approximate surface area is 92.5 Å². The van der Waals surface area contributed by atoms with E-state index in [1.165, 1.54) is 31.2 Å². The fraction of sp³-hybridized carbons (Fsp3) is 0.500. The van der Waals surface area contributed by atoms with E-state index in [1.807, 2.05) is 13.0 Å². The van der Waals surface area contributed by atoms with Gasteiger partial charge in [0.2, 0.25) is 0 Å². The highest BCUT2D eigenvalue weighted by atomic mass is 16.1. The van der Waals surface area contributed by atoms with Gasteiger partial charge in [0.05, 0.1) is 0 Å². The van der Waals surface area contributed by atoms with Crippen LogP contribution >= 0.6 is 0 Å². The van der Waals surface area contributed by atoms with Gasteiger partial charge < -0.3 is 0 Å². The third-order valence-electron chi connectivity index (χ3n) is 2.73. The van der Waals surface area contributed by atoms with Crippen molar-refractivity contribution in [3.8, 4) is 0 Å². The van der Waals surface area contributed by atoms with Gasteiger partial charge in [0.1, 0.15) is 6.29 Å². The minimum atomic E-state index is 0.867. The molecule has 0 aliphatic heterocycles. The largest absolute Gasteiger partial charge is 0.298 e. The van der Waals surface area contributed by atoms with E-state index < -0.39 is 0 Å². The van der Waals surface area contributed by atoms with E-state index in [1.54, 1.807) is 0 Å². The Morgan fingerprint density at radius 3 is 2.67 bits per heavy atom. The van der Waals surface area contributed by atoms with Gasteiger partial charge in [0.25, 0.3) is 0 Å². The lowest BCUT2D eigenvalue weighted by Crippen LogP contribution is -1.94. The molecule has 1 aromatic rings. The van der Waals surface area contributed by atoms with Crippen LogP contribution in [-0.4, -0.2) is 6.29 Å². The molecule has 0 bridgehead atoms. The highest BCUT2D eigenvalue weighted by molar-refractivity contribution is 5.77. The second-order valence-corrected chi connectivity index (χ2v) is 4.13. The van der Waals surface area contributed by atoms with E-state index in [0.29, 0.717) is 0 Å². The summed E-state index contributed by atoms with van der Waals surface area (Å²) in [6.07, 6.45) is 7.02. The number of carbonyl (C=O) groups excluding carboxylic acids is 1. The number of carbonyl (C=O) groups is 1. The molecule has 0 heterocycles. The van der Waals surface area contributed by atoms with E-state index in [2.05, 4.69) is 19.1 Å². The van der Waals surface area contributed by atoms with Crippen molar-refractivity contribution in [1.29, 1.82) is 0 Å². The average Bonchev–Trinajstić information content (AvgIpc) is 2.26. The van der Waals surface area contributed by atoms with Crippen molar-refractivity contribution >= 4 is 6.29 Å². The van der Waals surface area contributed by atoms with Crippen LogP contribution in [0, 0.1) is 6.92 Å². The van der Waals surface area contributed by atoms with Crippen molar-refractivity contribution in [3.05, 3.63) is 34.9 Å². The number of rotatable bonds is 6. The van der Waals surface area contributed by atoms with Crippen molar-refractivity contribution in [3.63, 3.8) is 0 Å². The van der Waals surface area contributed by atoms with Crippen LogP contribution in [0.15, 0.2) is 18.2 Å². The van der Waals surface area contributed by atoms with E-state index in [0.717, 1.165) is 23.8 Å². The predicted octanol–water partition coefficient (Wildman–Crippen LogP) is 3.93. The lowest BCUT2D eigenvalue weighted by atomic mass is 10.00. The molecule has 0 saturated heterocycles. The molecule has 0 aliphatic carbocycles. The summed E-state index contributed by atoms with van der Waals surface area (Å²) in [6, 6.07) is 6.15. The zero-order chi connectivity index (χ0) is 11.1.